The molecule has 2 rings (SSSR count). The molecule has 80 valence electrons. The minimum Gasteiger partial charge on any atom is -0.481 e. The summed E-state index contributed by atoms with van der Waals surface area (Å²) in [6.45, 7) is 4.07. The van der Waals surface area contributed by atoms with Crippen LogP contribution in [0, 0.1) is 23.2 Å². The van der Waals surface area contributed by atoms with Crippen LogP contribution in [0.4, 0.5) is 4.39 Å². The molecule has 4 unspecified atom stereocenters. The predicted octanol–water partition coefficient (Wildman–Crippen LogP) is 2.48. The summed E-state index contributed by atoms with van der Waals surface area (Å²) in [5.74, 6) is -0.899. The highest BCUT2D eigenvalue weighted by atomic mass is 19.1. The number of carboxylic acids is 1. The molecule has 14 heavy (non-hydrogen) atoms. The topological polar surface area (TPSA) is 37.3 Å². The normalized spacial score (nSPS) is 45.1. The Bertz CT molecular complexity index is 262. The molecule has 0 spiro atoms. The van der Waals surface area contributed by atoms with Crippen LogP contribution >= 0.6 is 0 Å². The van der Waals surface area contributed by atoms with Crippen LogP contribution in [-0.2, 0) is 4.79 Å². The molecule has 2 saturated carbocycles. The van der Waals surface area contributed by atoms with Crippen LogP contribution in [0.2, 0.25) is 0 Å². The fraction of sp³-hybridized carbons (Fsp3) is 0.909. The summed E-state index contributed by atoms with van der Waals surface area (Å²) < 4.78 is 13.6. The highest BCUT2D eigenvalue weighted by Gasteiger charge is 2.54. The van der Waals surface area contributed by atoms with Crippen molar-refractivity contribution in [2.75, 3.05) is 0 Å². The minimum absolute atomic E-state index is 0.0191. The molecule has 2 aliphatic rings. The van der Waals surface area contributed by atoms with E-state index in [-0.39, 0.29) is 23.2 Å². The molecule has 0 bridgehead atoms. The Balaban J connectivity index is 2.09. The molecule has 0 aromatic heterocycles. The molecule has 3 heteroatoms. The van der Waals surface area contributed by atoms with Gasteiger partial charge in [0.15, 0.2) is 0 Å². The van der Waals surface area contributed by atoms with Gasteiger partial charge >= 0.3 is 5.97 Å². The quantitative estimate of drug-likeness (QED) is 0.706. The number of carboxylic acid groups (broad SMARTS) is 1. The molecule has 0 radical (unpaired) electrons. The summed E-state index contributed by atoms with van der Waals surface area (Å²) in [6.07, 6.45) is 1.24. The second kappa shape index (κ2) is 2.94. The number of alkyl halides is 1. The molecule has 0 aliphatic heterocycles. The van der Waals surface area contributed by atoms with E-state index in [0.717, 1.165) is 6.42 Å². The number of rotatable bonds is 1. The first kappa shape index (κ1) is 9.94. The lowest BCUT2D eigenvalue weighted by atomic mass is 9.53. The van der Waals surface area contributed by atoms with Crippen molar-refractivity contribution in [3.8, 4) is 0 Å². The van der Waals surface area contributed by atoms with Crippen LogP contribution in [-0.4, -0.2) is 17.2 Å². The number of carbonyl (C=O) groups is 1. The molecule has 0 saturated heterocycles. The standard InChI is InChI=1S/C11H17FO2/c1-11(2)4-8-6(9(12)5-11)3-7(8)10(13)14/h6-9H,3-5H2,1-2H3,(H,13,14). The zero-order valence-electron chi connectivity index (χ0n) is 8.66. The van der Waals surface area contributed by atoms with Gasteiger partial charge in [0.25, 0.3) is 0 Å². The summed E-state index contributed by atoms with van der Waals surface area (Å²) in [7, 11) is 0. The lowest BCUT2D eigenvalue weighted by Crippen LogP contribution is -2.52. The van der Waals surface area contributed by atoms with Gasteiger partial charge in [-0.25, -0.2) is 4.39 Å². The van der Waals surface area contributed by atoms with E-state index in [1.165, 1.54) is 0 Å². The van der Waals surface area contributed by atoms with Crippen molar-refractivity contribution in [1.29, 1.82) is 0 Å². The summed E-state index contributed by atoms with van der Waals surface area (Å²) in [5, 5.41) is 8.91. The van der Waals surface area contributed by atoms with Gasteiger partial charge in [-0.1, -0.05) is 13.8 Å². The summed E-state index contributed by atoms with van der Waals surface area (Å²) in [5.41, 5.74) is -0.0191. The van der Waals surface area contributed by atoms with E-state index in [9.17, 15) is 9.18 Å². The van der Waals surface area contributed by atoms with Crippen molar-refractivity contribution in [2.24, 2.45) is 23.2 Å². The molecule has 2 fully saturated rings. The lowest BCUT2D eigenvalue weighted by molar-refractivity contribution is -0.160. The number of hydrogen-bond acceptors (Lipinski definition) is 1. The molecule has 2 aliphatic carbocycles. The Morgan fingerprint density at radius 1 is 1.36 bits per heavy atom. The van der Waals surface area contributed by atoms with Gasteiger partial charge in [0, 0.05) is 0 Å². The number of fused-ring (bicyclic) bond motifs is 1. The monoisotopic (exact) mass is 200 g/mol. The maximum Gasteiger partial charge on any atom is 0.306 e. The molecule has 2 nitrogen and oxygen atoms in total. The van der Waals surface area contributed by atoms with E-state index in [2.05, 4.69) is 0 Å². The first-order valence-corrected chi connectivity index (χ1v) is 5.27. The maximum atomic E-state index is 13.6. The predicted molar refractivity (Wildman–Crippen MR) is 50.6 cm³/mol. The fourth-order valence-electron chi connectivity index (χ4n) is 3.14. The second-order valence-electron chi connectivity index (χ2n) is 5.60. The van der Waals surface area contributed by atoms with E-state index in [0.29, 0.717) is 12.8 Å². The summed E-state index contributed by atoms with van der Waals surface area (Å²) in [4.78, 5) is 10.8. The highest BCUT2D eigenvalue weighted by Crippen LogP contribution is 2.55. The molecule has 0 amide bonds. The van der Waals surface area contributed by atoms with E-state index in [4.69, 9.17) is 5.11 Å². The Morgan fingerprint density at radius 2 is 2.00 bits per heavy atom. The Kier molecular flexibility index (Phi) is 2.09. The van der Waals surface area contributed by atoms with Crippen LogP contribution in [0.3, 0.4) is 0 Å². The van der Waals surface area contributed by atoms with Crippen LogP contribution in [0.25, 0.3) is 0 Å². The van der Waals surface area contributed by atoms with Crippen molar-refractivity contribution in [2.45, 2.75) is 39.3 Å². The van der Waals surface area contributed by atoms with Crippen LogP contribution < -0.4 is 0 Å². The van der Waals surface area contributed by atoms with Crippen LogP contribution in [0.5, 0.6) is 0 Å². The molecule has 0 aromatic carbocycles. The Hall–Kier alpha value is -0.600. The van der Waals surface area contributed by atoms with Crippen molar-refractivity contribution >= 4 is 5.97 Å². The van der Waals surface area contributed by atoms with Crippen molar-refractivity contribution in [3.05, 3.63) is 0 Å². The zero-order chi connectivity index (χ0) is 10.5. The van der Waals surface area contributed by atoms with Gasteiger partial charge in [-0.05, 0) is 36.5 Å². The zero-order valence-corrected chi connectivity index (χ0v) is 8.66. The smallest absolute Gasteiger partial charge is 0.306 e. The SMILES string of the molecule is CC1(C)CC(F)C2CC(C(=O)O)C2C1. The first-order chi connectivity index (χ1) is 6.41. The second-order valence-corrected chi connectivity index (χ2v) is 5.60. The lowest BCUT2D eigenvalue weighted by Gasteiger charge is -2.52. The number of halogens is 1. The largest absolute Gasteiger partial charge is 0.481 e. The molecule has 0 heterocycles. The van der Waals surface area contributed by atoms with E-state index < -0.39 is 12.1 Å². The van der Waals surface area contributed by atoms with Crippen molar-refractivity contribution in [3.63, 3.8) is 0 Å². The van der Waals surface area contributed by atoms with Gasteiger partial charge in [-0.2, -0.15) is 0 Å². The van der Waals surface area contributed by atoms with Crippen LogP contribution in [0.15, 0.2) is 0 Å². The summed E-state index contributed by atoms with van der Waals surface area (Å²) in [6, 6.07) is 0. The number of aliphatic carboxylic acids is 1. The molecule has 4 atom stereocenters. The van der Waals surface area contributed by atoms with E-state index in [1.54, 1.807) is 0 Å². The van der Waals surface area contributed by atoms with Crippen LogP contribution in [0.1, 0.15) is 33.1 Å². The fourth-order valence-corrected chi connectivity index (χ4v) is 3.14. The highest BCUT2D eigenvalue weighted by molar-refractivity contribution is 5.71. The van der Waals surface area contributed by atoms with Crippen molar-refractivity contribution < 1.29 is 14.3 Å². The van der Waals surface area contributed by atoms with Gasteiger partial charge in [0.05, 0.1) is 5.92 Å². The summed E-state index contributed by atoms with van der Waals surface area (Å²) >= 11 is 0. The minimum atomic E-state index is -0.778. The molecular weight excluding hydrogens is 183 g/mol. The van der Waals surface area contributed by atoms with E-state index >= 15 is 0 Å². The van der Waals surface area contributed by atoms with Gasteiger partial charge in [-0.15, -0.1) is 0 Å². The van der Waals surface area contributed by atoms with Gasteiger partial charge in [0.1, 0.15) is 6.17 Å². The molecular formula is C11H17FO2. The Labute approximate surface area is 83.5 Å². The van der Waals surface area contributed by atoms with E-state index in [1.807, 2.05) is 13.8 Å². The van der Waals surface area contributed by atoms with Crippen molar-refractivity contribution in [1.82, 2.24) is 0 Å². The molecule has 0 aromatic rings. The Morgan fingerprint density at radius 3 is 2.57 bits per heavy atom. The van der Waals surface area contributed by atoms with Gasteiger partial charge in [-0.3, -0.25) is 4.79 Å². The number of hydrogen-bond donors (Lipinski definition) is 1. The third kappa shape index (κ3) is 1.43. The third-order valence-electron chi connectivity index (χ3n) is 3.91. The average molecular weight is 200 g/mol. The molecule has 1 N–H and O–H groups in total. The van der Waals surface area contributed by atoms with Gasteiger partial charge in [0.2, 0.25) is 0 Å². The maximum absolute atomic E-state index is 13.6. The average Bonchev–Trinajstić information content (AvgIpc) is 1.94. The first-order valence-electron chi connectivity index (χ1n) is 5.27. The van der Waals surface area contributed by atoms with Gasteiger partial charge < -0.3 is 5.11 Å². The third-order valence-corrected chi connectivity index (χ3v) is 3.91.